The molecule has 0 aromatic heterocycles. The molecule has 1 N–H and O–H groups in total. The molecule has 0 aliphatic heterocycles. The van der Waals surface area contributed by atoms with Crippen LogP contribution in [0.4, 0.5) is 0 Å². The van der Waals surface area contributed by atoms with Gasteiger partial charge < -0.3 is 10.2 Å². The van der Waals surface area contributed by atoms with Crippen molar-refractivity contribution in [2.45, 2.75) is 46.7 Å². The Morgan fingerprint density at radius 2 is 1.61 bits per heavy atom. The lowest BCUT2D eigenvalue weighted by Gasteiger charge is -2.26. The minimum atomic E-state index is 0.413. The zero-order valence-corrected chi connectivity index (χ0v) is 12.5. The van der Waals surface area contributed by atoms with Gasteiger partial charge in [0.05, 0.1) is 0 Å². The monoisotopic (exact) mass is 248 g/mol. The van der Waals surface area contributed by atoms with Crippen molar-refractivity contribution in [3.63, 3.8) is 0 Å². The number of nitrogens with zero attached hydrogens (tertiary/aromatic N) is 1. The predicted molar refractivity (Wildman–Crippen MR) is 80.0 cm³/mol. The van der Waals surface area contributed by atoms with E-state index in [2.05, 4.69) is 69.1 Å². The first kappa shape index (κ1) is 15.2. The van der Waals surface area contributed by atoms with E-state index in [1.54, 1.807) is 0 Å². The lowest BCUT2D eigenvalue weighted by atomic mass is 10.1. The molecule has 102 valence electrons. The Bertz CT molecular complexity index is 327. The fraction of sp³-hybridized carbons (Fsp3) is 0.625. The van der Waals surface area contributed by atoms with Crippen LogP contribution in [-0.2, 0) is 0 Å². The molecule has 0 aliphatic carbocycles. The van der Waals surface area contributed by atoms with Gasteiger partial charge in [-0.25, -0.2) is 0 Å². The molecule has 2 heteroatoms. The van der Waals surface area contributed by atoms with Gasteiger partial charge in [0.15, 0.2) is 0 Å². The van der Waals surface area contributed by atoms with Crippen LogP contribution in [0.2, 0.25) is 0 Å². The maximum Gasteiger partial charge on any atom is 0.0294 e. The number of aryl methyl sites for hydroxylation is 1. The molecule has 2 atom stereocenters. The minimum absolute atomic E-state index is 0.413. The number of nitrogens with one attached hydrogen (secondary N) is 1. The molecule has 18 heavy (non-hydrogen) atoms. The van der Waals surface area contributed by atoms with Crippen molar-refractivity contribution in [3.8, 4) is 0 Å². The van der Waals surface area contributed by atoms with E-state index in [0.29, 0.717) is 12.1 Å². The van der Waals surface area contributed by atoms with Gasteiger partial charge in [0.2, 0.25) is 0 Å². The van der Waals surface area contributed by atoms with Gasteiger partial charge >= 0.3 is 0 Å². The standard InChI is InChI=1S/C16H28N2/c1-6-18(7-2)12-14(4)17-15(5)16-10-8-13(3)9-11-16/h8-11,14-15,17H,6-7,12H2,1-5H3. The van der Waals surface area contributed by atoms with Gasteiger partial charge in [0.1, 0.15) is 0 Å². The fourth-order valence-electron chi connectivity index (χ4n) is 2.30. The van der Waals surface area contributed by atoms with Crippen molar-refractivity contribution in [1.29, 1.82) is 0 Å². The number of hydrogen-bond acceptors (Lipinski definition) is 2. The molecular weight excluding hydrogens is 220 g/mol. The van der Waals surface area contributed by atoms with Gasteiger partial charge in [-0.1, -0.05) is 43.7 Å². The molecule has 0 saturated heterocycles. The highest BCUT2D eigenvalue weighted by Gasteiger charge is 2.11. The second-order valence-electron chi connectivity index (χ2n) is 5.19. The first-order valence-electron chi connectivity index (χ1n) is 7.11. The Kier molecular flexibility index (Phi) is 6.37. The Labute approximate surface area is 112 Å². The van der Waals surface area contributed by atoms with E-state index >= 15 is 0 Å². The van der Waals surface area contributed by atoms with Gasteiger partial charge in [0, 0.05) is 18.6 Å². The van der Waals surface area contributed by atoms with E-state index in [1.807, 2.05) is 0 Å². The van der Waals surface area contributed by atoms with E-state index in [4.69, 9.17) is 0 Å². The molecule has 0 amide bonds. The molecule has 2 unspecified atom stereocenters. The highest BCUT2D eigenvalue weighted by Crippen LogP contribution is 2.13. The Morgan fingerprint density at radius 1 is 1.06 bits per heavy atom. The third-order valence-electron chi connectivity index (χ3n) is 3.54. The van der Waals surface area contributed by atoms with Crippen LogP contribution in [0.3, 0.4) is 0 Å². The molecule has 0 bridgehead atoms. The van der Waals surface area contributed by atoms with Crippen LogP contribution in [0, 0.1) is 6.92 Å². The Morgan fingerprint density at radius 3 is 2.11 bits per heavy atom. The smallest absolute Gasteiger partial charge is 0.0294 e. The topological polar surface area (TPSA) is 15.3 Å². The number of benzene rings is 1. The van der Waals surface area contributed by atoms with Crippen LogP contribution < -0.4 is 5.32 Å². The van der Waals surface area contributed by atoms with Gasteiger partial charge in [-0.3, -0.25) is 0 Å². The van der Waals surface area contributed by atoms with Crippen LogP contribution in [0.25, 0.3) is 0 Å². The SMILES string of the molecule is CCN(CC)CC(C)NC(C)c1ccc(C)cc1. The minimum Gasteiger partial charge on any atom is -0.306 e. The summed E-state index contributed by atoms with van der Waals surface area (Å²) >= 11 is 0. The molecule has 2 nitrogen and oxygen atoms in total. The lowest BCUT2D eigenvalue weighted by Crippen LogP contribution is -2.40. The number of likely N-dealkylation sites (N-methyl/N-ethyl adjacent to an activating group) is 1. The highest BCUT2D eigenvalue weighted by atomic mass is 15.1. The second-order valence-corrected chi connectivity index (χ2v) is 5.19. The maximum absolute atomic E-state index is 3.67. The van der Waals surface area contributed by atoms with Gasteiger partial charge in [-0.15, -0.1) is 0 Å². The largest absolute Gasteiger partial charge is 0.306 e. The van der Waals surface area contributed by atoms with Crippen LogP contribution in [0.15, 0.2) is 24.3 Å². The molecule has 0 heterocycles. The fourth-order valence-corrected chi connectivity index (χ4v) is 2.30. The summed E-state index contributed by atoms with van der Waals surface area (Å²) in [5.41, 5.74) is 2.69. The Balaban J connectivity index is 2.48. The maximum atomic E-state index is 3.67. The summed E-state index contributed by atoms with van der Waals surface area (Å²) in [6, 6.07) is 9.73. The molecule has 0 spiro atoms. The molecule has 1 aromatic carbocycles. The van der Waals surface area contributed by atoms with Crippen molar-refractivity contribution >= 4 is 0 Å². The van der Waals surface area contributed by atoms with E-state index in [0.717, 1.165) is 19.6 Å². The Hall–Kier alpha value is -0.860. The zero-order chi connectivity index (χ0) is 13.5. The average molecular weight is 248 g/mol. The molecule has 0 aliphatic rings. The van der Waals surface area contributed by atoms with Crippen LogP contribution in [0.5, 0.6) is 0 Å². The van der Waals surface area contributed by atoms with Crippen LogP contribution in [-0.4, -0.2) is 30.6 Å². The third kappa shape index (κ3) is 4.79. The van der Waals surface area contributed by atoms with Crippen molar-refractivity contribution in [2.75, 3.05) is 19.6 Å². The normalized spacial score (nSPS) is 14.8. The summed E-state index contributed by atoms with van der Waals surface area (Å²) in [5.74, 6) is 0. The molecule has 0 saturated carbocycles. The highest BCUT2D eigenvalue weighted by molar-refractivity contribution is 5.23. The molecule has 1 rings (SSSR count). The van der Waals surface area contributed by atoms with Crippen molar-refractivity contribution < 1.29 is 0 Å². The van der Waals surface area contributed by atoms with Gasteiger partial charge in [0.25, 0.3) is 0 Å². The molecule has 0 radical (unpaired) electrons. The number of rotatable bonds is 7. The second kappa shape index (κ2) is 7.55. The van der Waals surface area contributed by atoms with Crippen molar-refractivity contribution in [1.82, 2.24) is 10.2 Å². The summed E-state index contributed by atoms with van der Waals surface area (Å²) in [4.78, 5) is 2.46. The summed E-state index contributed by atoms with van der Waals surface area (Å²) < 4.78 is 0. The van der Waals surface area contributed by atoms with Crippen LogP contribution >= 0.6 is 0 Å². The lowest BCUT2D eigenvalue weighted by molar-refractivity contribution is 0.264. The van der Waals surface area contributed by atoms with E-state index in [-0.39, 0.29) is 0 Å². The van der Waals surface area contributed by atoms with Crippen molar-refractivity contribution in [3.05, 3.63) is 35.4 Å². The summed E-state index contributed by atoms with van der Waals surface area (Å²) in [6.07, 6.45) is 0. The van der Waals surface area contributed by atoms with Gasteiger partial charge in [-0.2, -0.15) is 0 Å². The summed E-state index contributed by atoms with van der Waals surface area (Å²) in [7, 11) is 0. The van der Waals surface area contributed by atoms with Crippen LogP contribution in [0.1, 0.15) is 44.9 Å². The first-order valence-corrected chi connectivity index (χ1v) is 7.11. The van der Waals surface area contributed by atoms with E-state index in [9.17, 15) is 0 Å². The zero-order valence-electron chi connectivity index (χ0n) is 12.5. The quantitative estimate of drug-likeness (QED) is 0.796. The molecule has 1 aromatic rings. The van der Waals surface area contributed by atoms with E-state index < -0.39 is 0 Å². The molecule has 0 fully saturated rings. The van der Waals surface area contributed by atoms with Crippen molar-refractivity contribution in [2.24, 2.45) is 0 Å². The van der Waals surface area contributed by atoms with Gasteiger partial charge in [-0.05, 0) is 39.4 Å². The predicted octanol–water partition coefficient (Wildman–Crippen LogP) is 3.38. The average Bonchev–Trinajstić information content (AvgIpc) is 2.36. The summed E-state index contributed by atoms with van der Waals surface area (Å²) in [6.45, 7) is 14.4. The van der Waals surface area contributed by atoms with E-state index in [1.165, 1.54) is 11.1 Å². The molecular formula is C16H28N2. The first-order chi connectivity index (χ1) is 8.56. The number of hydrogen-bond donors (Lipinski definition) is 1. The summed E-state index contributed by atoms with van der Waals surface area (Å²) in [5, 5.41) is 3.67. The third-order valence-corrected chi connectivity index (χ3v) is 3.54.